The Balaban J connectivity index is 1.63. The van der Waals surface area contributed by atoms with E-state index in [9.17, 15) is 9.90 Å². The number of nitrogens with zero attached hydrogens (tertiary/aromatic N) is 1. The van der Waals surface area contributed by atoms with Gasteiger partial charge in [-0.2, -0.15) is 0 Å². The van der Waals surface area contributed by atoms with Crippen LogP contribution in [0, 0.1) is 5.41 Å². The largest absolute Gasteiger partial charge is 0.481 e. The number of aliphatic carboxylic acids is 1. The van der Waals surface area contributed by atoms with Gasteiger partial charge in [0.05, 0.1) is 18.1 Å². The highest BCUT2D eigenvalue weighted by molar-refractivity contribution is 5.74. The summed E-state index contributed by atoms with van der Waals surface area (Å²) < 4.78 is 5.95. The average molecular weight is 289 g/mol. The van der Waals surface area contributed by atoms with Crippen LogP contribution in [-0.2, 0) is 16.0 Å². The number of hydrogen-bond acceptors (Lipinski definition) is 3. The molecular weight excluding hydrogens is 266 g/mol. The molecule has 0 aromatic heterocycles. The van der Waals surface area contributed by atoms with Gasteiger partial charge in [0.25, 0.3) is 0 Å². The molecule has 21 heavy (non-hydrogen) atoms. The van der Waals surface area contributed by atoms with Gasteiger partial charge >= 0.3 is 5.97 Å². The molecule has 1 unspecified atom stereocenters. The molecule has 0 radical (unpaired) electrons. The van der Waals surface area contributed by atoms with E-state index in [1.54, 1.807) is 0 Å². The average Bonchev–Trinajstić information content (AvgIpc) is 2.50. The first kappa shape index (κ1) is 14.5. The number of likely N-dealkylation sites (tertiary alicyclic amines) is 1. The van der Waals surface area contributed by atoms with Crippen LogP contribution >= 0.6 is 0 Å². The van der Waals surface area contributed by atoms with E-state index in [0.29, 0.717) is 0 Å². The van der Waals surface area contributed by atoms with Crippen molar-refractivity contribution in [1.29, 1.82) is 0 Å². The fraction of sp³-hybridized carbons (Fsp3) is 0.588. The minimum Gasteiger partial charge on any atom is -0.481 e. The van der Waals surface area contributed by atoms with Crippen molar-refractivity contribution in [1.82, 2.24) is 4.90 Å². The predicted molar refractivity (Wildman–Crippen MR) is 80.3 cm³/mol. The summed E-state index contributed by atoms with van der Waals surface area (Å²) in [6.45, 7) is 5.18. The number of carboxylic acid groups (broad SMARTS) is 1. The summed E-state index contributed by atoms with van der Waals surface area (Å²) >= 11 is 0. The molecule has 2 aliphatic rings. The Morgan fingerprint density at radius 1 is 1.38 bits per heavy atom. The van der Waals surface area contributed by atoms with Gasteiger partial charge in [-0.05, 0) is 50.4 Å². The molecule has 1 saturated heterocycles. The smallest absolute Gasteiger partial charge is 0.309 e. The minimum atomic E-state index is -0.665. The predicted octanol–water partition coefficient (Wildman–Crippen LogP) is 2.49. The molecule has 2 heterocycles. The zero-order valence-electron chi connectivity index (χ0n) is 12.5. The van der Waals surface area contributed by atoms with Crippen LogP contribution in [0.3, 0.4) is 0 Å². The lowest BCUT2D eigenvalue weighted by atomic mass is 9.80. The third-order valence-corrected chi connectivity index (χ3v) is 4.99. The molecule has 0 bridgehead atoms. The summed E-state index contributed by atoms with van der Waals surface area (Å²) in [6, 6.07) is 8.49. The molecule has 0 amide bonds. The Bertz CT molecular complexity index is 521. The highest BCUT2D eigenvalue weighted by Gasteiger charge is 2.37. The van der Waals surface area contributed by atoms with Crippen molar-refractivity contribution in [2.45, 2.75) is 32.3 Å². The van der Waals surface area contributed by atoms with E-state index in [2.05, 4.69) is 29.2 Å². The van der Waals surface area contributed by atoms with E-state index in [0.717, 1.165) is 45.5 Å². The fourth-order valence-electron chi connectivity index (χ4n) is 3.31. The molecule has 1 fully saturated rings. The normalized spacial score (nSPS) is 25.3. The zero-order chi connectivity index (χ0) is 14.9. The molecule has 4 nitrogen and oxygen atoms in total. The number of ether oxygens (including phenoxy) is 1. The van der Waals surface area contributed by atoms with Crippen molar-refractivity contribution < 1.29 is 14.6 Å². The molecule has 0 saturated carbocycles. The molecule has 0 spiro atoms. The SMILES string of the molecule is CC1(C(=O)O)CCN(CC2OCCc3ccccc32)CC1. The Labute approximate surface area is 125 Å². The first-order valence-electron chi connectivity index (χ1n) is 7.74. The summed E-state index contributed by atoms with van der Waals surface area (Å²) in [5.74, 6) is -0.665. The summed E-state index contributed by atoms with van der Waals surface area (Å²) in [4.78, 5) is 13.6. The van der Waals surface area contributed by atoms with Crippen molar-refractivity contribution in [2.24, 2.45) is 5.41 Å². The van der Waals surface area contributed by atoms with Gasteiger partial charge in [0, 0.05) is 6.54 Å². The lowest BCUT2D eigenvalue weighted by Gasteiger charge is -2.38. The van der Waals surface area contributed by atoms with Crippen molar-refractivity contribution in [3.05, 3.63) is 35.4 Å². The second-order valence-electron chi connectivity index (χ2n) is 6.47. The fourth-order valence-corrected chi connectivity index (χ4v) is 3.31. The number of carboxylic acids is 1. The highest BCUT2D eigenvalue weighted by Crippen LogP contribution is 2.33. The lowest BCUT2D eigenvalue weighted by molar-refractivity contribution is -0.151. The van der Waals surface area contributed by atoms with Crippen LogP contribution in [0.1, 0.15) is 37.0 Å². The molecule has 4 heteroatoms. The molecule has 1 aromatic carbocycles. The van der Waals surface area contributed by atoms with Crippen LogP contribution in [0.25, 0.3) is 0 Å². The maximum absolute atomic E-state index is 11.3. The maximum atomic E-state index is 11.3. The van der Waals surface area contributed by atoms with Gasteiger partial charge in [0.2, 0.25) is 0 Å². The minimum absolute atomic E-state index is 0.129. The number of rotatable bonds is 3. The quantitative estimate of drug-likeness (QED) is 0.929. The van der Waals surface area contributed by atoms with Crippen LogP contribution < -0.4 is 0 Å². The number of benzene rings is 1. The monoisotopic (exact) mass is 289 g/mol. The molecule has 1 aromatic rings. The Hall–Kier alpha value is -1.39. The maximum Gasteiger partial charge on any atom is 0.309 e. The van der Waals surface area contributed by atoms with Crippen molar-refractivity contribution in [2.75, 3.05) is 26.2 Å². The Kier molecular flexibility index (Phi) is 4.00. The first-order chi connectivity index (χ1) is 10.1. The molecule has 0 aliphatic carbocycles. The van der Waals surface area contributed by atoms with E-state index >= 15 is 0 Å². The molecule has 1 N–H and O–H groups in total. The number of carbonyl (C=O) groups is 1. The first-order valence-corrected chi connectivity index (χ1v) is 7.74. The molecule has 2 aliphatic heterocycles. The van der Waals surface area contributed by atoms with Crippen LogP contribution in [0.15, 0.2) is 24.3 Å². The van der Waals surface area contributed by atoms with E-state index < -0.39 is 11.4 Å². The molecule has 1 atom stereocenters. The number of hydrogen-bond donors (Lipinski definition) is 1. The number of piperidine rings is 1. The summed E-state index contributed by atoms with van der Waals surface area (Å²) in [5, 5.41) is 9.29. The Morgan fingerprint density at radius 2 is 2.10 bits per heavy atom. The topological polar surface area (TPSA) is 49.8 Å². The second-order valence-corrected chi connectivity index (χ2v) is 6.47. The van der Waals surface area contributed by atoms with Crippen molar-refractivity contribution in [3.63, 3.8) is 0 Å². The van der Waals surface area contributed by atoms with Gasteiger partial charge in [-0.15, -0.1) is 0 Å². The van der Waals surface area contributed by atoms with Crippen molar-refractivity contribution >= 4 is 5.97 Å². The molecule has 114 valence electrons. The molecule has 3 rings (SSSR count). The standard InChI is InChI=1S/C17H23NO3/c1-17(16(19)20)7-9-18(10-8-17)12-15-14-5-3-2-4-13(14)6-11-21-15/h2-5,15H,6-12H2,1H3,(H,19,20). The third kappa shape index (κ3) is 2.97. The third-order valence-electron chi connectivity index (χ3n) is 4.99. The van der Waals surface area contributed by atoms with Gasteiger partial charge in [-0.1, -0.05) is 24.3 Å². The molecular formula is C17H23NO3. The van der Waals surface area contributed by atoms with Gasteiger partial charge in [0.15, 0.2) is 0 Å². The summed E-state index contributed by atoms with van der Waals surface area (Å²) in [7, 11) is 0. The van der Waals surface area contributed by atoms with E-state index in [4.69, 9.17) is 4.74 Å². The Morgan fingerprint density at radius 3 is 2.81 bits per heavy atom. The van der Waals surface area contributed by atoms with Gasteiger partial charge in [0.1, 0.15) is 0 Å². The van der Waals surface area contributed by atoms with Gasteiger partial charge in [-0.3, -0.25) is 4.79 Å². The van der Waals surface area contributed by atoms with Crippen LogP contribution in [0.4, 0.5) is 0 Å². The second kappa shape index (κ2) is 5.78. The summed E-state index contributed by atoms with van der Waals surface area (Å²) in [6.07, 6.45) is 2.56. The lowest BCUT2D eigenvalue weighted by Crippen LogP contribution is -2.44. The van der Waals surface area contributed by atoms with E-state index in [1.807, 2.05) is 6.92 Å². The van der Waals surface area contributed by atoms with E-state index in [-0.39, 0.29) is 6.10 Å². The van der Waals surface area contributed by atoms with Crippen LogP contribution in [0.2, 0.25) is 0 Å². The zero-order valence-corrected chi connectivity index (χ0v) is 12.5. The van der Waals surface area contributed by atoms with Gasteiger partial charge < -0.3 is 14.7 Å². The van der Waals surface area contributed by atoms with E-state index in [1.165, 1.54) is 11.1 Å². The number of fused-ring (bicyclic) bond motifs is 1. The highest BCUT2D eigenvalue weighted by atomic mass is 16.5. The van der Waals surface area contributed by atoms with Crippen LogP contribution in [-0.4, -0.2) is 42.2 Å². The van der Waals surface area contributed by atoms with Crippen molar-refractivity contribution in [3.8, 4) is 0 Å². The van der Waals surface area contributed by atoms with Gasteiger partial charge in [-0.25, -0.2) is 0 Å². The summed E-state index contributed by atoms with van der Waals surface area (Å²) in [5.41, 5.74) is 2.14. The van der Waals surface area contributed by atoms with Crippen LogP contribution in [0.5, 0.6) is 0 Å².